The van der Waals surface area contributed by atoms with Crippen LogP contribution in [0.2, 0.25) is 0 Å². The number of para-hydroxylation sites is 1. The lowest BCUT2D eigenvalue weighted by Crippen LogP contribution is -2.47. The molecular formula is C21H17N3O4S. The fourth-order valence-electron chi connectivity index (χ4n) is 3.63. The van der Waals surface area contributed by atoms with E-state index in [1.165, 1.54) is 16.2 Å². The number of piperazine rings is 1. The zero-order valence-electron chi connectivity index (χ0n) is 15.3. The third-order valence-corrected chi connectivity index (χ3v) is 6.20. The van der Waals surface area contributed by atoms with Crippen LogP contribution in [0, 0.1) is 0 Å². The molecule has 29 heavy (non-hydrogen) atoms. The van der Waals surface area contributed by atoms with E-state index in [1.54, 1.807) is 6.07 Å². The van der Waals surface area contributed by atoms with E-state index in [0.717, 1.165) is 21.2 Å². The predicted molar refractivity (Wildman–Crippen MR) is 111 cm³/mol. The normalized spacial score (nSPS) is 17.1. The molecule has 0 spiro atoms. The van der Waals surface area contributed by atoms with Gasteiger partial charge in [0.15, 0.2) is 0 Å². The Morgan fingerprint density at radius 2 is 2.10 bits per heavy atom. The Morgan fingerprint density at radius 1 is 1.24 bits per heavy atom. The second-order valence-electron chi connectivity index (χ2n) is 6.97. The molecular weight excluding hydrogens is 390 g/mol. The van der Waals surface area contributed by atoms with Crippen LogP contribution in [0.1, 0.15) is 11.6 Å². The molecule has 2 aromatic heterocycles. The van der Waals surface area contributed by atoms with Gasteiger partial charge in [0.2, 0.25) is 0 Å². The lowest BCUT2D eigenvalue weighted by molar-refractivity contribution is 0.129. The fraction of sp³-hybridized carbons (Fsp3) is 0.190. The number of carbonyl (C=O) groups is 1. The van der Waals surface area contributed by atoms with Crippen molar-refractivity contribution in [2.24, 2.45) is 0 Å². The highest BCUT2D eigenvalue weighted by Gasteiger charge is 2.24. The summed E-state index contributed by atoms with van der Waals surface area (Å²) in [6.07, 6.45) is -0.927. The molecule has 0 aliphatic carbocycles. The second kappa shape index (κ2) is 6.98. The average molecular weight is 407 g/mol. The van der Waals surface area contributed by atoms with Gasteiger partial charge in [-0.1, -0.05) is 24.3 Å². The van der Waals surface area contributed by atoms with Crippen molar-refractivity contribution in [3.63, 3.8) is 0 Å². The van der Waals surface area contributed by atoms with Crippen LogP contribution in [0.5, 0.6) is 0 Å². The summed E-state index contributed by atoms with van der Waals surface area (Å²) in [5.41, 5.74) is 2.23. The molecule has 0 saturated carbocycles. The molecule has 3 heterocycles. The van der Waals surface area contributed by atoms with Gasteiger partial charge in [-0.25, -0.2) is 14.6 Å². The Balaban J connectivity index is 1.52. The number of hydrogen-bond donors (Lipinski definition) is 2. The van der Waals surface area contributed by atoms with Crippen LogP contribution in [0.4, 0.5) is 4.79 Å². The van der Waals surface area contributed by atoms with Gasteiger partial charge in [0.25, 0.3) is 0 Å². The Bertz CT molecular complexity index is 1260. The van der Waals surface area contributed by atoms with Crippen LogP contribution in [0.3, 0.4) is 0 Å². The summed E-state index contributed by atoms with van der Waals surface area (Å²) in [6.45, 7) is 1.39. The monoisotopic (exact) mass is 407 g/mol. The van der Waals surface area contributed by atoms with Gasteiger partial charge in [0, 0.05) is 25.0 Å². The van der Waals surface area contributed by atoms with E-state index in [0.29, 0.717) is 35.8 Å². The lowest BCUT2D eigenvalue weighted by atomic mass is 10.0. The number of hydrogen-bond acceptors (Lipinski definition) is 6. The molecule has 5 rings (SSSR count). The predicted octanol–water partition coefficient (Wildman–Crippen LogP) is 3.69. The minimum Gasteiger partial charge on any atom is -0.465 e. The van der Waals surface area contributed by atoms with E-state index >= 15 is 0 Å². The van der Waals surface area contributed by atoms with Gasteiger partial charge in [-0.15, -0.1) is 11.3 Å². The maximum atomic E-state index is 12.6. The number of nitrogens with zero attached hydrogens (tertiary/aromatic N) is 2. The smallest absolute Gasteiger partial charge is 0.407 e. The number of nitrogens with one attached hydrogen (secondary N) is 1. The van der Waals surface area contributed by atoms with E-state index in [2.05, 4.69) is 10.3 Å². The molecule has 1 aliphatic rings. The number of fused-ring (bicyclic) bond motifs is 2. The minimum atomic E-state index is -0.927. The van der Waals surface area contributed by atoms with Crippen molar-refractivity contribution in [1.29, 1.82) is 0 Å². The maximum absolute atomic E-state index is 12.6. The van der Waals surface area contributed by atoms with Crippen molar-refractivity contribution in [2.75, 3.05) is 19.6 Å². The first-order chi connectivity index (χ1) is 14.1. The van der Waals surface area contributed by atoms with Gasteiger partial charge >= 0.3 is 11.7 Å². The average Bonchev–Trinajstić information content (AvgIpc) is 3.17. The third-order valence-electron chi connectivity index (χ3n) is 5.13. The van der Waals surface area contributed by atoms with Gasteiger partial charge in [-0.2, -0.15) is 0 Å². The first-order valence-electron chi connectivity index (χ1n) is 9.23. The molecule has 7 nitrogen and oxygen atoms in total. The van der Waals surface area contributed by atoms with Crippen LogP contribution in [-0.4, -0.2) is 40.7 Å². The van der Waals surface area contributed by atoms with Crippen molar-refractivity contribution in [2.45, 2.75) is 6.04 Å². The Kier molecular flexibility index (Phi) is 4.30. The van der Waals surface area contributed by atoms with Gasteiger partial charge in [0.1, 0.15) is 10.6 Å². The molecule has 2 N–H and O–H groups in total. The number of thiazole rings is 1. The van der Waals surface area contributed by atoms with Gasteiger partial charge in [-0.05, 0) is 29.8 Å². The van der Waals surface area contributed by atoms with Crippen LogP contribution in [0.15, 0.2) is 57.7 Å². The molecule has 0 radical (unpaired) electrons. The van der Waals surface area contributed by atoms with Gasteiger partial charge in [-0.3, -0.25) is 0 Å². The van der Waals surface area contributed by atoms with Crippen LogP contribution < -0.4 is 10.9 Å². The van der Waals surface area contributed by atoms with Crippen molar-refractivity contribution in [1.82, 2.24) is 15.2 Å². The molecule has 1 amide bonds. The molecule has 0 bridgehead atoms. The standard InChI is InChI=1S/C21H17N3O4S/c25-20-14(19-23-15-3-1-2-4-18(15)29-19)9-13-6-5-12(10-17(13)28-20)16-11-24(21(26)27)8-7-22-16/h1-6,9-10,16,22H,7-8,11H2,(H,26,27). The molecule has 8 heteroatoms. The summed E-state index contributed by atoms with van der Waals surface area (Å²) in [6, 6.07) is 15.1. The summed E-state index contributed by atoms with van der Waals surface area (Å²) in [5.74, 6) is 0. The third kappa shape index (κ3) is 3.26. The quantitative estimate of drug-likeness (QED) is 0.492. The van der Waals surface area contributed by atoms with E-state index in [1.807, 2.05) is 42.5 Å². The highest BCUT2D eigenvalue weighted by molar-refractivity contribution is 7.21. The molecule has 1 saturated heterocycles. The summed E-state index contributed by atoms with van der Waals surface area (Å²) in [4.78, 5) is 29.8. The molecule has 1 fully saturated rings. The van der Waals surface area contributed by atoms with Crippen molar-refractivity contribution in [3.8, 4) is 10.6 Å². The highest BCUT2D eigenvalue weighted by Crippen LogP contribution is 2.30. The first-order valence-corrected chi connectivity index (χ1v) is 10.1. The minimum absolute atomic E-state index is 0.140. The Hall–Kier alpha value is -3.23. The number of rotatable bonds is 2. The Morgan fingerprint density at radius 3 is 2.93 bits per heavy atom. The number of amides is 1. The molecule has 2 aromatic carbocycles. The fourth-order valence-corrected chi connectivity index (χ4v) is 4.60. The molecule has 146 valence electrons. The van der Waals surface area contributed by atoms with E-state index < -0.39 is 11.7 Å². The van der Waals surface area contributed by atoms with Crippen molar-refractivity contribution in [3.05, 3.63) is 64.5 Å². The van der Waals surface area contributed by atoms with Crippen LogP contribution in [0.25, 0.3) is 31.8 Å². The van der Waals surface area contributed by atoms with Crippen molar-refractivity contribution < 1.29 is 14.3 Å². The van der Waals surface area contributed by atoms with Gasteiger partial charge in [0.05, 0.1) is 21.8 Å². The summed E-state index contributed by atoms with van der Waals surface area (Å²) in [7, 11) is 0. The van der Waals surface area contributed by atoms with Crippen LogP contribution >= 0.6 is 11.3 Å². The zero-order chi connectivity index (χ0) is 20.0. The topological polar surface area (TPSA) is 95.7 Å². The number of benzene rings is 2. The first kappa shape index (κ1) is 17.8. The van der Waals surface area contributed by atoms with Crippen molar-refractivity contribution >= 4 is 38.6 Å². The summed E-state index contributed by atoms with van der Waals surface area (Å²) < 4.78 is 6.62. The molecule has 1 atom stereocenters. The van der Waals surface area contributed by atoms with E-state index in [-0.39, 0.29) is 6.04 Å². The number of aromatic nitrogens is 1. The highest BCUT2D eigenvalue weighted by atomic mass is 32.1. The van der Waals surface area contributed by atoms with E-state index in [9.17, 15) is 14.7 Å². The van der Waals surface area contributed by atoms with E-state index in [4.69, 9.17) is 4.42 Å². The maximum Gasteiger partial charge on any atom is 0.407 e. The Labute approximate surface area is 169 Å². The SMILES string of the molecule is O=C(O)N1CCNC(c2ccc3cc(-c4nc5ccccc5s4)c(=O)oc3c2)C1. The molecule has 1 unspecified atom stereocenters. The summed E-state index contributed by atoms with van der Waals surface area (Å²) in [5, 5.41) is 14.0. The van der Waals surface area contributed by atoms with Crippen LogP contribution in [-0.2, 0) is 0 Å². The lowest BCUT2D eigenvalue weighted by Gasteiger charge is -2.32. The number of carboxylic acid groups (broad SMARTS) is 1. The summed E-state index contributed by atoms with van der Waals surface area (Å²) >= 11 is 1.46. The van der Waals surface area contributed by atoms with Gasteiger partial charge < -0.3 is 19.7 Å². The molecule has 1 aliphatic heterocycles. The zero-order valence-corrected chi connectivity index (χ0v) is 16.1. The second-order valence-corrected chi connectivity index (χ2v) is 8.00. The molecule has 4 aromatic rings. The largest absolute Gasteiger partial charge is 0.465 e.